The Morgan fingerprint density at radius 1 is 1.19 bits per heavy atom. The Hall–Kier alpha value is -2.30. The molecule has 1 saturated heterocycles. The van der Waals surface area contributed by atoms with Crippen LogP contribution in [0.1, 0.15) is 44.1 Å². The summed E-state index contributed by atoms with van der Waals surface area (Å²) in [5.74, 6) is 0.0650. The molecule has 0 aromatic heterocycles. The molecule has 2 amide bonds. The summed E-state index contributed by atoms with van der Waals surface area (Å²) in [5, 5.41) is 12.3. The molecule has 1 aromatic rings. The fourth-order valence-electron chi connectivity index (χ4n) is 3.71. The van der Waals surface area contributed by atoms with E-state index in [9.17, 15) is 14.7 Å². The van der Waals surface area contributed by atoms with Gasteiger partial charge in [0.2, 0.25) is 11.8 Å². The minimum absolute atomic E-state index is 0.00175. The van der Waals surface area contributed by atoms with Crippen LogP contribution in [0.3, 0.4) is 0 Å². The highest BCUT2D eigenvalue weighted by atomic mass is 16.3. The zero-order valence-electron chi connectivity index (χ0n) is 15.2. The molecule has 0 saturated carbocycles. The molecule has 0 bridgehead atoms. The molecule has 1 heterocycles. The van der Waals surface area contributed by atoms with Crippen LogP contribution in [0, 0.1) is 5.92 Å². The van der Waals surface area contributed by atoms with Gasteiger partial charge in [-0.05, 0) is 56.2 Å². The first kappa shape index (κ1) is 18.5. The van der Waals surface area contributed by atoms with Crippen LogP contribution in [-0.2, 0) is 16.0 Å². The van der Waals surface area contributed by atoms with Crippen molar-refractivity contribution in [3.63, 3.8) is 0 Å². The maximum absolute atomic E-state index is 12.4. The molecule has 26 heavy (non-hydrogen) atoms. The summed E-state index contributed by atoms with van der Waals surface area (Å²) < 4.78 is 0. The zero-order chi connectivity index (χ0) is 18.4. The van der Waals surface area contributed by atoms with Crippen LogP contribution in [-0.4, -0.2) is 41.5 Å². The van der Waals surface area contributed by atoms with Gasteiger partial charge in [-0.3, -0.25) is 9.59 Å². The van der Waals surface area contributed by atoms with Crippen molar-refractivity contribution in [3.05, 3.63) is 41.5 Å². The second-order valence-corrected chi connectivity index (χ2v) is 7.31. The second-order valence-electron chi connectivity index (χ2n) is 7.31. The molecule has 5 heteroatoms. The predicted molar refractivity (Wildman–Crippen MR) is 101 cm³/mol. The molecule has 0 radical (unpaired) electrons. The summed E-state index contributed by atoms with van der Waals surface area (Å²) in [7, 11) is 0. The third kappa shape index (κ3) is 5.10. The van der Waals surface area contributed by atoms with Crippen LogP contribution in [0.4, 0.5) is 0 Å². The van der Waals surface area contributed by atoms with Crippen LogP contribution >= 0.6 is 0 Å². The summed E-state index contributed by atoms with van der Waals surface area (Å²) >= 11 is 0. The normalized spacial score (nSPS) is 20.2. The van der Waals surface area contributed by atoms with E-state index >= 15 is 0 Å². The Balaban J connectivity index is 1.40. The first-order chi connectivity index (χ1) is 12.6. The van der Waals surface area contributed by atoms with Crippen LogP contribution in [0.25, 0.3) is 0 Å². The second kappa shape index (κ2) is 8.88. The number of phenolic OH excluding ortho intramolecular Hbond substituents is 1. The number of benzene rings is 1. The van der Waals surface area contributed by atoms with Gasteiger partial charge in [0, 0.05) is 26.1 Å². The zero-order valence-corrected chi connectivity index (χ0v) is 15.2. The molecule has 2 aliphatic rings. The predicted octanol–water partition coefficient (Wildman–Crippen LogP) is 2.79. The van der Waals surface area contributed by atoms with E-state index < -0.39 is 0 Å². The third-order valence-corrected chi connectivity index (χ3v) is 5.32. The molecule has 2 N–H and O–H groups in total. The fourth-order valence-corrected chi connectivity index (χ4v) is 3.71. The number of aromatic hydroxyl groups is 1. The van der Waals surface area contributed by atoms with Crippen molar-refractivity contribution in [2.24, 2.45) is 5.92 Å². The molecule has 3 rings (SSSR count). The van der Waals surface area contributed by atoms with Crippen molar-refractivity contribution < 1.29 is 14.7 Å². The monoisotopic (exact) mass is 356 g/mol. The number of carbonyl (C=O) groups is 2. The van der Waals surface area contributed by atoms with Crippen molar-refractivity contribution in [2.75, 3.05) is 19.6 Å². The molecule has 1 aliphatic carbocycles. The van der Waals surface area contributed by atoms with Gasteiger partial charge < -0.3 is 15.3 Å². The summed E-state index contributed by atoms with van der Waals surface area (Å²) in [6.45, 7) is 1.79. The van der Waals surface area contributed by atoms with Crippen molar-refractivity contribution in [1.82, 2.24) is 10.2 Å². The lowest BCUT2D eigenvalue weighted by Gasteiger charge is -2.17. The van der Waals surface area contributed by atoms with Crippen LogP contribution < -0.4 is 5.32 Å². The quantitative estimate of drug-likeness (QED) is 0.738. The first-order valence-electron chi connectivity index (χ1n) is 9.63. The maximum Gasteiger partial charge on any atom is 0.225 e. The number of phenols is 1. The Kier molecular flexibility index (Phi) is 6.31. The van der Waals surface area contributed by atoms with Crippen molar-refractivity contribution >= 4 is 11.8 Å². The number of nitrogens with one attached hydrogen (secondary N) is 1. The van der Waals surface area contributed by atoms with E-state index in [4.69, 9.17) is 0 Å². The molecule has 1 unspecified atom stereocenters. The number of hydrogen-bond acceptors (Lipinski definition) is 3. The highest BCUT2D eigenvalue weighted by Gasteiger charge is 2.33. The van der Waals surface area contributed by atoms with E-state index in [0.29, 0.717) is 26.1 Å². The fraction of sp³-hybridized carbons (Fsp3) is 0.524. The van der Waals surface area contributed by atoms with Gasteiger partial charge in [-0.25, -0.2) is 0 Å². The lowest BCUT2D eigenvalue weighted by atomic mass is 9.97. The van der Waals surface area contributed by atoms with Gasteiger partial charge in [0.05, 0.1) is 5.92 Å². The number of allylic oxidation sites excluding steroid dienone is 1. The van der Waals surface area contributed by atoms with Crippen molar-refractivity contribution in [3.8, 4) is 5.75 Å². The SMILES string of the molecule is O=C(NCCC1=CCCCC1)C1CC(=O)N(CCc2ccc(O)cc2)C1. The van der Waals surface area contributed by atoms with Gasteiger partial charge in [-0.1, -0.05) is 23.8 Å². The minimum Gasteiger partial charge on any atom is -0.508 e. The number of carbonyl (C=O) groups excluding carboxylic acids is 2. The molecule has 0 spiro atoms. The Labute approximate surface area is 155 Å². The lowest BCUT2D eigenvalue weighted by molar-refractivity contribution is -0.129. The largest absolute Gasteiger partial charge is 0.508 e. The molecular weight excluding hydrogens is 328 g/mol. The molecule has 1 atom stereocenters. The van der Waals surface area contributed by atoms with Crippen LogP contribution in [0.2, 0.25) is 0 Å². The van der Waals surface area contributed by atoms with E-state index in [0.717, 1.165) is 31.2 Å². The Morgan fingerprint density at radius 2 is 2.00 bits per heavy atom. The maximum atomic E-state index is 12.4. The average molecular weight is 356 g/mol. The summed E-state index contributed by atoms with van der Waals surface area (Å²) in [6, 6.07) is 7.03. The third-order valence-electron chi connectivity index (χ3n) is 5.32. The Morgan fingerprint density at radius 3 is 2.73 bits per heavy atom. The topological polar surface area (TPSA) is 69.6 Å². The van der Waals surface area contributed by atoms with Crippen molar-refractivity contribution in [1.29, 1.82) is 0 Å². The molecule has 5 nitrogen and oxygen atoms in total. The summed E-state index contributed by atoms with van der Waals surface area (Å²) in [5.41, 5.74) is 2.53. The number of likely N-dealkylation sites (tertiary alicyclic amines) is 1. The van der Waals surface area contributed by atoms with Crippen LogP contribution in [0.5, 0.6) is 5.75 Å². The molecule has 140 valence electrons. The van der Waals surface area contributed by atoms with E-state index in [2.05, 4.69) is 11.4 Å². The summed E-state index contributed by atoms with van der Waals surface area (Å²) in [6.07, 6.45) is 9.13. The van der Waals surface area contributed by atoms with Gasteiger partial charge in [-0.15, -0.1) is 0 Å². The van der Waals surface area contributed by atoms with E-state index in [1.807, 2.05) is 12.1 Å². The number of rotatable bonds is 7. The summed E-state index contributed by atoms with van der Waals surface area (Å²) in [4.78, 5) is 26.3. The number of hydrogen-bond donors (Lipinski definition) is 2. The Bertz CT molecular complexity index is 666. The van der Waals surface area contributed by atoms with E-state index in [-0.39, 0.29) is 23.5 Å². The highest BCUT2D eigenvalue weighted by molar-refractivity contribution is 5.89. The van der Waals surface area contributed by atoms with Crippen LogP contribution in [0.15, 0.2) is 35.9 Å². The van der Waals surface area contributed by atoms with E-state index in [1.54, 1.807) is 17.0 Å². The lowest BCUT2D eigenvalue weighted by Crippen LogP contribution is -2.34. The highest BCUT2D eigenvalue weighted by Crippen LogP contribution is 2.21. The number of nitrogens with zero attached hydrogens (tertiary/aromatic N) is 1. The van der Waals surface area contributed by atoms with E-state index in [1.165, 1.54) is 18.4 Å². The standard InChI is InChI=1S/C21H28N2O3/c24-19-8-6-17(7-9-19)11-13-23-15-18(14-20(23)25)21(26)22-12-10-16-4-2-1-3-5-16/h4,6-9,18,24H,1-3,5,10-15H2,(H,22,26). The smallest absolute Gasteiger partial charge is 0.225 e. The molecule has 1 aromatic carbocycles. The molecular formula is C21H28N2O3. The van der Waals surface area contributed by atoms with Gasteiger partial charge >= 0.3 is 0 Å². The molecule has 1 fully saturated rings. The minimum atomic E-state index is -0.234. The average Bonchev–Trinajstić information content (AvgIpc) is 3.03. The van der Waals surface area contributed by atoms with Gasteiger partial charge in [0.25, 0.3) is 0 Å². The van der Waals surface area contributed by atoms with Gasteiger partial charge in [0.15, 0.2) is 0 Å². The molecule has 1 aliphatic heterocycles. The van der Waals surface area contributed by atoms with Crippen molar-refractivity contribution in [2.45, 2.75) is 44.9 Å². The first-order valence-corrected chi connectivity index (χ1v) is 9.63. The van der Waals surface area contributed by atoms with Gasteiger partial charge in [0.1, 0.15) is 5.75 Å². The number of amides is 2. The van der Waals surface area contributed by atoms with Gasteiger partial charge in [-0.2, -0.15) is 0 Å².